The summed E-state index contributed by atoms with van der Waals surface area (Å²) in [4.78, 5) is 40.8. The molecule has 3 amide bonds. The third-order valence-corrected chi connectivity index (χ3v) is 5.99. The molecule has 2 fully saturated rings. The maximum Gasteiger partial charge on any atom is 0.408 e. The number of alkyl carbamates (subject to hydrolysis) is 1. The minimum Gasteiger partial charge on any atom is -0.434 e. The Morgan fingerprint density at radius 1 is 1.29 bits per heavy atom. The highest BCUT2D eigenvalue weighted by molar-refractivity contribution is 7.81. The van der Waals surface area contributed by atoms with Crippen LogP contribution in [0.15, 0.2) is 0 Å². The number of terminal acetylenes is 2. The second-order valence-corrected chi connectivity index (χ2v) is 9.26. The topological polar surface area (TPSA) is 79.0 Å². The summed E-state index contributed by atoms with van der Waals surface area (Å²) in [6.07, 6.45) is 9.04. The van der Waals surface area contributed by atoms with Gasteiger partial charge in [-0.05, 0) is 20.8 Å². The average Bonchev–Trinajstić information content (AvgIpc) is 2.75. The number of rotatable bonds is 4. The first-order chi connectivity index (χ1) is 12.9. The first-order valence-corrected chi connectivity index (χ1v) is 9.53. The van der Waals surface area contributed by atoms with Crippen LogP contribution in [0.2, 0.25) is 0 Å². The molecule has 0 aromatic heterocycles. The molecule has 1 N–H and O–H groups in total. The molecule has 0 aliphatic carbocycles. The molecule has 0 bridgehead atoms. The number of carbonyl (C=O) groups excluding carboxylic acids is 3. The van der Waals surface area contributed by atoms with Gasteiger partial charge in [0.25, 0.3) is 5.91 Å². The van der Waals surface area contributed by atoms with Crippen LogP contribution in [-0.4, -0.2) is 69.8 Å². The zero-order valence-electron chi connectivity index (χ0n) is 16.9. The molecule has 0 saturated carbocycles. The molecule has 28 heavy (non-hydrogen) atoms. The number of hydrogen-bond acceptors (Lipinski definition) is 5. The number of nitrogens with zero attached hydrogens (tertiary/aromatic N) is 2. The van der Waals surface area contributed by atoms with Crippen LogP contribution >= 0.6 is 12.6 Å². The van der Waals surface area contributed by atoms with Gasteiger partial charge in [0.2, 0.25) is 12.0 Å². The quantitative estimate of drug-likeness (QED) is 0.414. The van der Waals surface area contributed by atoms with Crippen molar-refractivity contribution in [3.05, 3.63) is 0 Å². The van der Waals surface area contributed by atoms with Crippen molar-refractivity contribution in [3.8, 4) is 24.7 Å². The van der Waals surface area contributed by atoms with Gasteiger partial charge in [-0.25, -0.2) is 4.79 Å². The minimum absolute atomic E-state index is 0.0491. The molecule has 0 spiro atoms. The normalized spacial score (nSPS) is 27.7. The molecule has 0 aromatic rings. The Hall–Kier alpha value is -2.32. The first kappa shape index (κ1) is 22.0. The summed E-state index contributed by atoms with van der Waals surface area (Å²) in [6.45, 7) is 9.24. The lowest BCUT2D eigenvalue weighted by Gasteiger charge is -2.45. The van der Waals surface area contributed by atoms with Crippen LogP contribution in [0, 0.1) is 30.1 Å². The maximum atomic E-state index is 13.1. The van der Waals surface area contributed by atoms with Gasteiger partial charge in [-0.1, -0.05) is 25.7 Å². The first-order valence-electron chi connectivity index (χ1n) is 9.01. The van der Waals surface area contributed by atoms with Gasteiger partial charge >= 0.3 is 6.09 Å². The summed E-state index contributed by atoms with van der Waals surface area (Å²) < 4.78 is 5.36. The van der Waals surface area contributed by atoms with Gasteiger partial charge in [0, 0.05) is 16.2 Å². The van der Waals surface area contributed by atoms with Gasteiger partial charge in [-0.15, -0.1) is 12.8 Å². The van der Waals surface area contributed by atoms with E-state index in [-0.39, 0.29) is 24.2 Å². The van der Waals surface area contributed by atoms with Crippen molar-refractivity contribution in [3.63, 3.8) is 0 Å². The van der Waals surface area contributed by atoms with E-state index in [0.717, 1.165) is 0 Å². The summed E-state index contributed by atoms with van der Waals surface area (Å²) in [5, 5.41) is 2.29. The molecule has 2 heterocycles. The number of ether oxygens (including phenoxy) is 1. The Morgan fingerprint density at radius 2 is 1.82 bits per heavy atom. The van der Waals surface area contributed by atoms with Gasteiger partial charge < -0.3 is 19.9 Å². The van der Waals surface area contributed by atoms with Gasteiger partial charge in [-0.3, -0.25) is 9.59 Å². The maximum absolute atomic E-state index is 13.1. The second kappa shape index (κ2) is 7.60. The van der Waals surface area contributed by atoms with Crippen molar-refractivity contribution in [1.29, 1.82) is 0 Å². The van der Waals surface area contributed by atoms with Crippen molar-refractivity contribution in [1.82, 2.24) is 15.1 Å². The van der Waals surface area contributed by atoms with Gasteiger partial charge in [0.05, 0.1) is 19.1 Å². The molecule has 4 atom stereocenters. The molecular formula is C20H27N3O4S. The SMILES string of the molecule is C#CCN(CC#C)C(=O)[C@H]1N2C(=O)[C@H](OC(=O)NC(C)(C)C)[C@@H]2C(S)C1(C)C. The number of fused-ring (bicyclic) bond motifs is 1. The molecule has 7 nitrogen and oxygen atoms in total. The van der Waals surface area contributed by atoms with E-state index >= 15 is 0 Å². The van der Waals surface area contributed by atoms with E-state index in [1.54, 1.807) is 0 Å². The van der Waals surface area contributed by atoms with Crippen LogP contribution in [0.5, 0.6) is 0 Å². The summed E-state index contributed by atoms with van der Waals surface area (Å²) in [5.74, 6) is 4.09. The van der Waals surface area contributed by atoms with Crippen LogP contribution in [0.1, 0.15) is 34.6 Å². The highest BCUT2D eigenvalue weighted by Crippen LogP contribution is 2.50. The van der Waals surface area contributed by atoms with Crippen molar-refractivity contribution < 1.29 is 19.1 Å². The molecule has 0 aromatic carbocycles. The van der Waals surface area contributed by atoms with E-state index < -0.39 is 41.1 Å². The standard InChI is InChI=1S/C20H27N3O4S/c1-8-10-22(11-9-2)17(25)14-20(6,7)15(28)12-13(16(24)23(12)14)27-18(26)21-19(3,4)5/h1-2,12-15,28H,10-11H2,3-7H3,(H,21,26)/t12-,13-,14-,15?/m1/s1. The number of β-lactam (4-membered cyclic amide) rings is 1. The predicted octanol–water partition coefficient (Wildman–Crippen LogP) is 0.892. The summed E-state index contributed by atoms with van der Waals surface area (Å²) in [5.41, 5.74) is -1.16. The van der Waals surface area contributed by atoms with Crippen molar-refractivity contribution >= 4 is 30.5 Å². The third kappa shape index (κ3) is 3.79. The predicted molar refractivity (Wildman–Crippen MR) is 108 cm³/mol. The van der Waals surface area contributed by atoms with E-state index in [2.05, 4.69) is 29.8 Å². The average molecular weight is 406 g/mol. The Bertz CT molecular complexity index is 743. The number of nitrogens with one attached hydrogen (secondary N) is 1. The van der Waals surface area contributed by atoms with Gasteiger partial charge in [-0.2, -0.15) is 12.6 Å². The van der Waals surface area contributed by atoms with Crippen molar-refractivity contribution in [2.75, 3.05) is 13.1 Å². The molecule has 2 saturated heterocycles. The Labute approximate surface area is 171 Å². The molecular weight excluding hydrogens is 378 g/mol. The van der Waals surface area contributed by atoms with Crippen LogP contribution < -0.4 is 5.32 Å². The van der Waals surface area contributed by atoms with E-state index in [0.29, 0.717) is 0 Å². The van der Waals surface area contributed by atoms with E-state index in [4.69, 9.17) is 17.6 Å². The fourth-order valence-electron chi connectivity index (χ4n) is 3.69. The summed E-state index contributed by atoms with van der Waals surface area (Å²) in [6, 6.07) is -1.27. The molecule has 2 aliphatic rings. The fraction of sp³-hybridized carbons (Fsp3) is 0.650. The number of thiol groups is 1. The van der Waals surface area contributed by atoms with E-state index in [9.17, 15) is 14.4 Å². The Morgan fingerprint density at radius 3 is 2.29 bits per heavy atom. The smallest absolute Gasteiger partial charge is 0.408 e. The number of hydrogen-bond donors (Lipinski definition) is 2. The van der Waals surface area contributed by atoms with Crippen molar-refractivity contribution in [2.45, 2.75) is 63.6 Å². The molecule has 1 unspecified atom stereocenters. The van der Waals surface area contributed by atoms with Gasteiger partial charge in [0.1, 0.15) is 6.04 Å². The van der Waals surface area contributed by atoms with Crippen LogP contribution in [-0.2, 0) is 14.3 Å². The Kier molecular flexibility index (Phi) is 5.96. The number of carbonyl (C=O) groups is 3. The highest BCUT2D eigenvalue weighted by atomic mass is 32.1. The van der Waals surface area contributed by atoms with Crippen LogP contribution in [0.4, 0.5) is 4.79 Å². The largest absolute Gasteiger partial charge is 0.434 e. The Balaban J connectivity index is 2.24. The summed E-state index contributed by atoms with van der Waals surface area (Å²) in [7, 11) is 0. The van der Waals surface area contributed by atoms with E-state index in [1.807, 2.05) is 34.6 Å². The third-order valence-electron chi connectivity index (χ3n) is 5.02. The van der Waals surface area contributed by atoms with Crippen molar-refractivity contribution in [2.24, 2.45) is 5.41 Å². The lowest BCUT2D eigenvalue weighted by molar-refractivity contribution is -0.170. The fourth-order valence-corrected chi connectivity index (χ4v) is 4.14. The molecule has 2 aliphatic heterocycles. The minimum atomic E-state index is -0.976. The molecule has 8 heteroatoms. The zero-order chi connectivity index (χ0) is 21.4. The lowest BCUT2D eigenvalue weighted by Crippen LogP contribution is -2.69. The van der Waals surface area contributed by atoms with Gasteiger partial charge in [0.15, 0.2) is 0 Å². The molecule has 0 radical (unpaired) electrons. The number of amides is 3. The van der Waals surface area contributed by atoms with E-state index in [1.165, 1.54) is 9.80 Å². The zero-order valence-corrected chi connectivity index (χ0v) is 17.7. The summed E-state index contributed by atoms with van der Waals surface area (Å²) >= 11 is 4.66. The lowest BCUT2D eigenvalue weighted by atomic mass is 9.82. The highest BCUT2D eigenvalue weighted by Gasteiger charge is 2.68. The van der Waals surface area contributed by atoms with Crippen LogP contribution in [0.25, 0.3) is 0 Å². The van der Waals surface area contributed by atoms with Crippen LogP contribution in [0.3, 0.4) is 0 Å². The molecule has 2 rings (SSSR count). The second-order valence-electron chi connectivity index (χ2n) is 8.71. The molecule has 152 valence electrons. The monoisotopic (exact) mass is 405 g/mol.